The molecule has 0 bridgehead atoms. The van der Waals surface area contributed by atoms with Crippen LogP contribution in [0.1, 0.15) is 23.2 Å². The monoisotopic (exact) mass is 307 g/mol. The van der Waals surface area contributed by atoms with E-state index in [0.29, 0.717) is 13.0 Å². The van der Waals surface area contributed by atoms with Crippen molar-refractivity contribution in [2.24, 2.45) is 0 Å². The normalized spacial score (nSPS) is 11.7. The number of aromatic amines is 1. The van der Waals surface area contributed by atoms with Crippen molar-refractivity contribution >= 4 is 10.0 Å². The second-order valence-electron chi connectivity index (χ2n) is 5.07. The van der Waals surface area contributed by atoms with Gasteiger partial charge in [0.05, 0.1) is 11.9 Å². The molecule has 0 aliphatic heterocycles. The smallest absolute Gasteiger partial charge is 0.211 e. The molecule has 21 heavy (non-hydrogen) atoms. The predicted molar refractivity (Wildman–Crippen MR) is 83.6 cm³/mol. The number of nitrogens with zero attached hydrogens (tertiary/aromatic N) is 1. The molecule has 0 saturated heterocycles. The average molecular weight is 307 g/mol. The SMILES string of the molecule is Cc1[nH]ncc1CCCNS(=O)(=O)CCc1ccccc1. The number of hydrogen-bond acceptors (Lipinski definition) is 3. The van der Waals surface area contributed by atoms with Crippen LogP contribution in [-0.2, 0) is 22.9 Å². The molecular weight excluding hydrogens is 286 g/mol. The molecule has 0 spiro atoms. The fraction of sp³-hybridized carbons (Fsp3) is 0.400. The van der Waals surface area contributed by atoms with Crippen LogP contribution in [0.3, 0.4) is 0 Å². The first kappa shape index (κ1) is 15.7. The standard InChI is InChI=1S/C15H21N3O2S/c1-13-15(12-16-18-13)8-5-10-17-21(19,20)11-9-14-6-3-2-4-7-14/h2-4,6-7,12,17H,5,8-11H2,1H3,(H,16,18). The Bertz CT molecular complexity index is 651. The molecule has 6 heteroatoms. The minimum atomic E-state index is -3.20. The van der Waals surface area contributed by atoms with Crippen LogP contribution in [-0.4, -0.2) is 30.9 Å². The van der Waals surface area contributed by atoms with E-state index in [9.17, 15) is 8.42 Å². The summed E-state index contributed by atoms with van der Waals surface area (Å²) >= 11 is 0. The summed E-state index contributed by atoms with van der Waals surface area (Å²) in [5, 5.41) is 6.82. The lowest BCUT2D eigenvalue weighted by Gasteiger charge is -2.06. The molecule has 114 valence electrons. The first-order valence-electron chi connectivity index (χ1n) is 7.07. The van der Waals surface area contributed by atoms with Crippen LogP contribution in [0.4, 0.5) is 0 Å². The van der Waals surface area contributed by atoms with Crippen molar-refractivity contribution in [2.45, 2.75) is 26.2 Å². The number of benzene rings is 1. The Morgan fingerprint density at radius 1 is 1.19 bits per heavy atom. The van der Waals surface area contributed by atoms with E-state index in [1.807, 2.05) is 37.3 Å². The molecule has 0 atom stereocenters. The molecule has 2 rings (SSSR count). The first-order valence-corrected chi connectivity index (χ1v) is 8.72. The summed E-state index contributed by atoms with van der Waals surface area (Å²) < 4.78 is 26.5. The van der Waals surface area contributed by atoms with Crippen LogP contribution < -0.4 is 4.72 Å². The highest BCUT2D eigenvalue weighted by atomic mass is 32.2. The van der Waals surface area contributed by atoms with Gasteiger partial charge in [0.25, 0.3) is 0 Å². The van der Waals surface area contributed by atoms with Gasteiger partial charge in [0.15, 0.2) is 0 Å². The highest BCUT2D eigenvalue weighted by Gasteiger charge is 2.10. The van der Waals surface area contributed by atoms with E-state index in [-0.39, 0.29) is 5.75 Å². The van der Waals surface area contributed by atoms with E-state index in [0.717, 1.165) is 29.7 Å². The van der Waals surface area contributed by atoms with Gasteiger partial charge in [-0.05, 0) is 37.3 Å². The number of sulfonamides is 1. The van der Waals surface area contributed by atoms with Crippen molar-refractivity contribution in [3.63, 3.8) is 0 Å². The molecule has 1 aromatic carbocycles. The second-order valence-corrected chi connectivity index (χ2v) is 7.00. The third-order valence-corrected chi connectivity index (χ3v) is 4.77. The Morgan fingerprint density at radius 2 is 1.95 bits per heavy atom. The van der Waals surface area contributed by atoms with Crippen molar-refractivity contribution in [2.75, 3.05) is 12.3 Å². The van der Waals surface area contributed by atoms with Gasteiger partial charge in [-0.25, -0.2) is 13.1 Å². The van der Waals surface area contributed by atoms with Crippen LogP contribution in [0.15, 0.2) is 36.5 Å². The lowest BCUT2D eigenvalue weighted by atomic mass is 10.1. The zero-order chi connectivity index (χ0) is 15.1. The van der Waals surface area contributed by atoms with E-state index >= 15 is 0 Å². The highest BCUT2D eigenvalue weighted by Crippen LogP contribution is 2.05. The number of hydrogen-bond donors (Lipinski definition) is 2. The van der Waals surface area contributed by atoms with Crippen LogP contribution in [0.25, 0.3) is 0 Å². The summed E-state index contributed by atoms with van der Waals surface area (Å²) in [4.78, 5) is 0. The van der Waals surface area contributed by atoms with Crippen molar-refractivity contribution in [3.8, 4) is 0 Å². The Balaban J connectivity index is 1.70. The van der Waals surface area contributed by atoms with Crippen molar-refractivity contribution < 1.29 is 8.42 Å². The summed E-state index contributed by atoms with van der Waals surface area (Å²) in [5.74, 6) is 0.127. The zero-order valence-corrected chi connectivity index (χ0v) is 13.0. The average Bonchev–Trinajstić information content (AvgIpc) is 2.88. The molecule has 0 aliphatic rings. The van der Waals surface area contributed by atoms with Gasteiger partial charge in [0.1, 0.15) is 0 Å². The maximum Gasteiger partial charge on any atom is 0.211 e. The number of aryl methyl sites for hydroxylation is 3. The number of aromatic nitrogens is 2. The maximum absolute atomic E-state index is 11.9. The third-order valence-electron chi connectivity index (χ3n) is 3.38. The summed E-state index contributed by atoms with van der Waals surface area (Å²) in [7, 11) is -3.20. The van der Waals surface area contributed by atoms with Crippen molar-refractivity contribution in [1.29, 1.82) is 0 Å². The van der Waals surface area contributed by atoms with E-state index < -0.39 is 10.0 Å². The summed E-state index contributed by atoms with van der Waals surface area (Å²) in [6.45, 7) is 2.42. The van der Waals surface area contributed by atoms with Crippen LogP contribution in [0.5, 0.6) is 0 Å². The third kappa shape index (κ3) is 5.32. The fourth-order valence-corrected chi connectivity index (χ4v) is 3.21. The molecule has 1 aromatic heterocycles. The summed E-state index contributed by atoms with van der Waals surface area (Å²) in [6.07, 6.45) is 3.92. The molecular formula is C15H21N3O2S. The Kier molecular flexibility index (Phi) is 5.52. The molecule has 2 N–H and O–H groups in total. The molecule has 0 fully saturated rings. The van der Waals surface area contributed by atoms with E-state index in [2.05, 4.69) is 14.9 Å². The largest absolute Gasteiger partial charge is 0.283 e. The number of H-pyrrole nitrogens is 1. The second kappa shape index (κ2) is 7.38. The molecule has 2 aromatic rings. The van der Waals surface area contributed by atoms with Gasteiger partial charge < -0.3 is 0 Å². The number of rotatable bonds is 8. The fourth-order valence-electron chi connectivity index (χ4n) is 2.10. The Labute approximate surface area is 125 Å². The van der Waals surface area contributed by atoms with Gasteiger partial charge in [-0.1, -0.05) is 30.3 Å². The van der Waals surface area contributed by atoms with E-state index in [1.165, 1.54) is 0 Å². The van der Waals surface area contributed by atoms with E-state index in [4.69, 9.17) is 0 Å². The van der Waals surface area contributed by atoms with Crippen molar-refractivity contribution in [1.82, 2.24) is 14.9 Å². The van der Waals surface area contributed by atoms with Gasteiger partial charge in [-0.3, -0.25) is 5.10 Å². The number of nitrogens with one attached hydrogen (secondary N) is 2. The quantitative estimate of drug-likeness (QED) is 0.730. The lowest BCUT2D eigenvalue weighted by Crippen LogP contribution is -2.28. The van der Waals surface area contributed by atoms with Crippen LogP contribution >= 0.6 is 0 Å². The van der Waals surface area contributed by atoms with Crippen LogP contribution in [0.2, 0.25) is 0 Å². The molecule has 1 heterocycles. The molecule has 0 amide bonds. The zero-order valence-electron chi connectivity index (χ0n) is 12.2. The lowest BCUT2D eigenvalue weighted by molar-refractivity contribution is 0.578. The van der Waals surface area contributed by atoms with Gasteiger partial charge in [0.2, 0.25) is 10.0 Å². The van der Waals surface area contributed by atoms with Gasteiger partial charge >= 0.3 is 0 Å². The first-order chi connectivity index (χ1) is 10.1. The minimum Gasteiger partial charge on any atom is -0.283 e. The Morgan fingerprint density at radius 3 is 2.62 bits per heavy atom. The van der Waals surface area contributed by atoms with Gasteiger partial charge in [-0.15, -0.1) is 0 Å². The Hall–Kier alpha value is -1.66. The van der Waals surface area contributed by atoms with Gasteiger partial charge in [-0.2, -0.15) is 5.10 Å². The molecule has 0 radical (unpaired) electrons. The highest BCUT2D eigenvalue weighted by molar-refractivity contribution is 7.89. The molecule has 0 saturated carbocycles. The summed E-state index contributed by atoms with van der Waals surface area (Å²) in [5.41, 5.74) is 3.22. The van der Waals surface area contributed by atoms with E-state index in [1.54, 1.807) is 6.20 Å². The summed E-state index contributed by atoms with van der Waals surface area (Å²) in [6, 6.07) is 9.65. The molecule has 5 nitrogen and oxygen atoms in total. The predicted octanol–water partition coefficient (Wildman–Crippen LogP) is 1.81. The maximum atomic E-state index is 11.9. The topological polar surface area (TPSA) is 74.8 Å². The minimum absolute atomic E-state index is 0.127. The van der Waals surface area contributed by atoms with Gasteiger partial charge in [0, 0.05) is 12.2 Å². The molecule has 0 unspecified atom stereocenters. The molecule has 0 aliphatic carbocycles. The van der Waals surface area contributed by atoms with Crippen molar-refractivity contribution in [3.05, 3.63) is 53.3 Å². The van der Waals surface area contributed by atoms with Crippen LogP contribution in [0, 0.1) is 6.92 Å².